The summed E-state index contributed by atoms with van der Waals surface area (Å²) in [5.74, 6) is 1.31. The van der Waals surface area contributed by atoms with E-state index in [0.29, 0.717) is 23.9 Å². The first-order valence-corrected chi connectivity index (χ1v) is 10.6. The highest BCUT2D eigenvalue weighted by Gasteiger charge is 2.31. The highest BCUT2D eigenvalue weighted by molar-refractivity contribution is 7.99. The van der Waals surface area contributed by atoms with E-state index in [1.165, 1.54) is 16.7 Å². The van der Waals surface area contributed by atoms with E-state index in [2.05, 4.69) is 15.5 Å². The van der Waals surface area contributed by atoms with Crippen LogP contribution in [0.3, 0.4) is 0 Å². The highest BCUT2D eigenvalue weighted by atomic mass is 32.2. The molecule has 0 saturated heterocycles. The van der Waals surface area contributed by atoms with Gasteiger partial charge in [-0.3, -0.25) is 9.36 Å². The van der Waals surface area contributed by atoms with Crippen molar-refractivity contribution >= 4 is 17.7 Å². The number of benzene rings is 2. The van der Waals surface area contributed by atoms with Gasteiger partial charge >= 0.3 is 6.18 Å². The van der Waals surface area contributed by atoms with Crippen LogP contribution in [0.1, 0.15) is 18.3 Å². The predicted molar refractivity (Wildman–Crippen MR) is 113 cm³/mol. The van der Waals surface area contributed by atoms with Crippen molar-refractivity contribution in [2.45, 2.75) is 24.9 Å². The molecule has 0 spiro atoms. The molecule has 0 aliphatic carbocycles. The van der Waals surface area contributed by atoms with Gasteiger partial charge in [0.05, 0.1) is 24.1 Å². The number of nitrogens with one attached hydrogen (secondary N) is 1. The fourth-order valence-corrected chi connectivity index (χ4v) is 3.57. The first-order chi connectivity index (χ1) is 15.3. The molecule has 1 aromatic heterocycles. The maximum absolute atomic E-state index is 13.2. The molecule has 1 N–H and O–H groups in total. The van der Waals surface area contributed by atoms with Gasteiger partial charge in [0, 0.05) is 6.54 Å². The summed E-state index contributed by atoms with van der Waals surface area (Å²) in [4.78, 5) is 11.8. The van der Waals surface area contributed by atoms with Gasteiger partial charge in [0.15, 0.2) is 11.0 Å². The van der Waals surface area contributed by atoms with Crippen molar-refractivity contribution in [3.63, 3.8) is 0 Å². The van der Waals surface area contributed by atoms with E-state index in [1.807, 2.05) is 0 Å². The van der Waals surface area contributed by atoms with Crippen molar-refractivity contribution < 1.29 is 27.4 Å². The molecule has 0 radical (unpaired) electrons. The molecule has 2 aromatic carbocycles. The quantitative estimate of drug-likeness (QED) is 0.479. The lowest BCUT2D eigenvalue weighted by Crippen LogP contribution is -2.24. The number of aromatic nitrogens is 3. The van der Waals surface area contributed by atoms with Crippen LogP contribution in [0.4, 0.5) is 13.2 Å². The Kier molecular flexibility index (Phi) is 7.62. The van der Waals surface area contributed by atoms with Gasteiger partial charge in [-0.05, 0) is 49.4 Å². The number of rotatable bonds is 9. The topological polar surface area (TPSA) is 78.3 Å². The van der Waals surface area contributed by atoms with Crippen LogP contribution < -0.4 is 14.8 Å². The van der Waals surface area contributed by atoms with Gasteiger partial charge < -0.3 is 14.8 Å². The highest BCUT2D eigenvalue weighted by Crippen LogP contribution is 2.32. The molecule has 3 rings (SSSR count). The maximum Gasteiger partial charge on any atom is 0.416 e. The number of amides is 1. The number of halogens is 3. The fourth-order valence-electron chi connectivity index (χ4n) is 2.77. The van der Waals surface area contributed by atoms with Crippen molar-refractivity contribution in [1.82, 2.24) is 20.1 Å². The van der Waals surface area contributed by atoms with Crippen LogP contribution in [0.15, 0.2) is 53.7 Å². The maximum atomic E-state index is 13.2. The third-order valence-electron chi connectivity index (χ3n) is 4.27. The predicted octanol–water partition coefficient (Wildman–Crippen LogP) is 4.10. The molecular formula is C21H21F3N4O3S. The number of carbonyl (C=O) groups is 1. The summed E-state index contributed by atoms with van der Waals surface area (Å²) < 4.78 is 52.0. The summed E-state index contributed by atoms with van der Waals surface area (Å²) in [6, 6.07) is 11.7. The number of ether oxygens (including phenoxy) is 2. The lowest BCUT2D eigenvalue weighted by atomic mass is 10.2. The number of hydrogen-bond acceptors (Lipinski definition) is 6. The molecule has 0 fully saturated rings. The van der Waals surface area contributed by atoms with Gasteiger partial charge in [-0.2, -0.15) is 13.2 Å². The van der Waals surface area contributed by atoms with Crippen molar-refractivity contribution in [2.24, 2.45) is 0 Å². The molecule has 32 heavy (non-hydrogen) atoms. The Hall–Kier alpha value is -3.21. The fraction of sp³-hybridized carbons (Fsp3) is 0.286. The first kappa shape index (κ1) is 23.5. The van der Waals surface area contributed by atoms with Crippen molar-refractivity contribution in [1.29, 1.82) is 0 Å². The molecule has 0 unspecified atom stereocenters. The Morgan fingerprint density at radius 2 is 1.84 bits per heavy atom. The molecule has 170 valence electrons. The SMILES string of the molecule is CCNC(=O)CSc1nnc(COc2ccc(OC)cc2)n1-c1cccc(C(F)(F)F)c1. The van der Waals surface area contributed by atoms with E-state index in [4.69, 9.17) is 9.47 Å². The van der Waals surface area contributed by atoms with E-state index in [-0.39, 0.29) is 29.1 Å². The first-order valence-electron chi connectivity index (χ1n) is 9.60. The Balaban J connectivity index is 1.90. The van der Waals surface area contributed by atoms with Crippen LogP contribution in [-0.2, 0) is 17.6 Å². The summed E-state index contributed by atoms with van der Waals surface area (Å²) in [5, 5.41) is 11.1. The monoisotopic (exact) mass is 466 g/mol. The van der Waals surface area contributed by atoms with Crippen LogP contribution in [0, 0.1) is 0 Å². The molecule has 3 aromatic rings. The van der Waals surface area contributed by atoms with Crippen molar-refractivity contribution in [3.05, 3.63) is 59.9 Å². The summed E-state index contributed by atoms with van der Waals surface area (Å²) >= 11 is 1.07. The van der Waals surface area contributed by atoms with Crippen LogP contribution in [0.25, 0.3) is 5.69 Å². The molecule has 11 heteroatoms. The molecule has 0 atom stereocenters. The molecule has 0 bridgehead atoms. The largest absolute Gasteiger partial charge is 0.497 e. The van der Waals surface area contributed by atoms with E-state index in [0.717, 1.165) is 23.9 Å². The summed E-state index contributed by atoms with van der Waals surface area (Å²) in [6.07, 6.45) is -4.50. The van der Waals surface area contributed by atoms with Gasteiger partial charge in [0.1, 0.15) is 18.1 Å². The zero-order valence-electron chi connectivity index (χ0n) is 17.3. The van der Waals surface area contributed by atoms with E-state index in [9.17, 15) is 18.0 Å². The zero-order chi connectivity index (χ0) is 23.1. The minimum absolute atomic E-state index is 0.0444. The van der Waals surface area contributed by atoms with Crippen molar-refractivity contribution in [2.75, 3.05) is 19.4 Å². The van der Waals surface area contributed by atoms with Crippen LogP contribution in [0.2, 0.25) is 0 Å². The number of carbonyl (C=O) groups excluding carboxylic acids is 1. The molecule has 1 heterocycles. The molecule has 7 nitrogen and oxygen atoms in total. The number of nitrogens with zero attached hydrogens (tertiary/aromatic N) is 3. The second-order valence-electron chi connectivity index (χ2n) is 6.49. The Morgan fingerprint density at radius 1 is 1.12 bits per heavy atom. The molecule has 0 saturated carbocycles. The van der Waals surface area contributed by atoms with E-state index < -0.39 is 11.7 Å². The Morgan fingerprint density at radius 3 is 2.50 bits per heavy atom. The second kappa shape index (κ2) is 10.4. The van der Waals surface area contributed by atoms with Crippen LogP contribution in [0.5, 0.6) is 11.5 Å². The van der Waals surface area contributed by atoms with E-state index in [1.54, 1.807) is 38.3 Å². The molecule has 0 aliphatic rings. The number of hydrogen-bond donors (Lipinski definition) is 1. The van der Waals surface area contributed by atoms with Crippen molar-refractivity contribution in [3.8, 4) is 17.2 Å². The van der Waals surface area contributed by atoms with Crippen LogP contribution in [-0.4, -0.2) is 40.1 Å². The van der Waals surface area contributed by atoms with E-state index >= 15 is 0 Å². The Labute approximate surface area is 186 Å². The molecule has 1 amide bonds. The number of thioether (sulfide) groups is 1. The summed E-state index contributed by atoms with van der Waals surface area (Å²) in [6.45, 7) is 2.22. The lowest BCUT2D eigenvalue weighted by molar-refractivity contribution is -0.137. The number of methoxy groups -OCH3 is 1. The summed E-state index contributed by atoms with van der Waals surface area (Å²) in [7, 11) is 1.55. The van der Waals surface area contributed by atoms with Gasteiger partial charge in [0.25, 0.3) is 0 Å². The third kappa shape index (κ3) is 5.94. The second-order valence-corrected chi connectivity index (χ2v) is 7.43. The number of alkyl halides is 3. The van der Waals surface area contributed by atoms with Crippen LogP contribution >= 0.6 is 11.8 Å². The molecule has 0 aliphatic heterocycles. The third-order valence-corrected chi connectivity index (χ3v) is 5.19. The minimum Gasteiger partial charge on any atom is -0.497 e. The average molecular weight is 466 g/mol. The minimum atomic E-state index is -4.50. The Bertz CT molecular complexity index is 1060. The van der Waals surface area contributed by atoms with Gasteiger partial charge in [0.2, 0.25) is 5.91 Å². The van der Waals surface area contributed by atoms with Gasteiger partial charge in [-0.25, -0.2) is 0 Å². The van der Waals surface area contributed by atoms with Gasteiger partial charge in [-0.1, -0.05) is 17.8 Å². The standard InChI is InChI=1S/C21H21F3N4O3S/c1-3-25-19(29)13-32-20-27-26-18(12-31-17-9-7-16(30-2)8-10-17)28(20)15-6-4-5-14(11-15)21(22,23)24/h4-11H,3,12-13H2,1-2H3,(H,25,29). The van der Waals surface area contributed by atoms with Gasteiger partial charge in [-0.15, -0.1) is 10.2 Å². The molecular weight excluding hydrogens is 445 g/mol. The zero-order valence-corrected chi connectivity index (χ0v) is 18.2. The smallest absolute Gasteiger partial charge is 0.416 e. The normalized spacial score (nSPS) is 11.3. The summed E-state index contributed by atoms with van der Waals surface area (Å²) in [5.41, 5.74) is -0.582. The average Bonchev–Trinajstić information content (AvgIpc) is 3.19. The lowest BCUT2D eigenvalue weighted by Gasteiger charge is -2.13.